The summed E-state index contributed by atoms with van der Waals surface area (Å²) < 4.78 is 102. The van der Waals surface area contributed by atoms with E-state index in [1.807, 2.05) is 0 Å². The zero-order valence-electron chi connectivity index (χ0n) is 32.2. The molecule has 0 aromatic carbocycles. The molecule has 66 heavy (non-hydrogen) atoms. The first-order chi connectivity index (χ1) is 30.6. The number of hydrogen-bond donors (Lipinski definition) is 8. The fourth-order valence-electron chi connectivity index (χ4n) is 6.48. The average molecular weight is 1040 g/mol. The molecular formula is C25H31N10O26P5-6. The average Bonchev–Trinajstić information content (AvgIpc) is 4.01. The number of phosphoric ester groups is 3. The van der Waals surface area contributed by atoms with Gasteiger partial charge in [-0.25, -0.2) is 28.6 Å². The van der Waals surface area contributed by atoms with Crippen molar-refractivity contribution in [1.82, 2.24) is 39.0 Å². The van der Waals surface area contributed by atoms with Crippen molar-refractivity contribution in [3.05, 3.63) is 29.3 Å². The van der Waals surface area contributed by atoms with E-state index in [1.165, 1.54) is 4.57 Å². The third-order valence-electron chi connectivity index (χ3n) is 9.38. The second-order valence-electron chi connectivity index (χ2n) is 13.9. The van der Waals surface area contributed by atoms with Crippen LogP contribution in [0.25, 0.3) is 22.3 Å². The van der Waals surface area contributed by atoms with Gasteiger partial charge in [-0.1, -0.05) is 0 Å². The number of H-pyrrole nitrogens is 1. The van der Waals surface area contributed by atoms with Crippen LogP contribution in [0.5, 0.6) is 0 Å². The Bertz CT molecular complexity index is 2740. The molecule has 0 amide bonds. The molecule has 4 aromatic rings. The Balaban J connectivity index is 0.918. The minimum atomic E-state index is -6.28. The van der Waals surface area contributed by atoms with Crippen molar-refractivity contribution in [3.8, 4) is 0 Å². The fraction of sp³-hybridized carbons (Fsp3) is 0.600. The summed E-state index contributed by atoms with van der Waals surface area (Å²) in [6.07, 6.45) is -15.4. The highest BCUT2D eigenvalue weighted by Crippen LogP contribution is 2.60. The molecule has 41 heteroatoms. The van der Waals surface area contributed by atoms with Crippen LogP contribution in [-0.2, 0) is 63.5 Å². The molecule has 7 rings (SSSR count). The smallest absolute Gasteiger partial charge is 0.280 e. The van der Waals surface area contributed by atoms with Gasteiger partial charge >= 0.3 is 0 Å². The molecule has 3 aliphatic rings. The van der Waals surface area contributed by atoms with Crippen molar-refractivity contribution in [2.24, 2.45) is 0 Å². The number of aliphatic hydroxyl groups is 5. The van der Waals surface area contributed by atoms with Crippen LogP contribution in [0.1, 0.15) is 18.9 Å². The van der Waals surface area contributed by atoms with Gasteiger partial charge in [-0.05, 0) is 0 Å². The summed E-state index contributed by atoms with van der Waals surface area (Å²) in [5.74, 6) is -0.507. The summed E-state index contributed by atoms with van der Waals surface area (Å²) in [6, 6.07) is 0. The summed E-state index contributed by atoms with van der Waals surface area (Å²) in [4.78, 5) is 104. The number of anilines is 2. The van der Waals surface area contributed by atoms with Crippen LogP contribution < -0.4 is 46.0 Å². The Labute approximate surface area is 364 Å². The number of phosphoric acid groups is 5. The number of hydrogen-bond acceptors (Lipinski definition) is 33. The number of imidazole rings is 2. The molecule has 9 N–H and O–H groups in total. The molecule has 4 aromatic heterocycles. The number of aliphatic hydroxyl groups excluding tert-OH is 5. The minimum Gasteiger partial charge on any atom is -0.790 e. The van der Waals surface area contributed by atoms with Gasteiger partial charge in [0.05, 0.1) is 46.4 Å². The van der Waals surface area contributed by atoms with Crippen molar-refractivity contribution >= 4 is 73.2 Å². The Kier molecular flexibility index (Phi) is 14.6. The quantitative estimate of drug-likeness (QED) is 0.0404. The molecule has 7 heterocycles. The SMILES string of the molecule is Nc1ncnc2c1ncn2[C@@H]1O[C@H](COP(=O)([O-])OP(=O)([O-])OC[C@H]2OC(Nc3nc4c(ncn4[C@H]4C[C@H](O)[C@@H](COP(=O)([O-])OP(=O)([O-])OP(=O)([O-])[O-])O4)c(=O)[nH]3)[C@H](O)[C@@H]2O)[C@@H](O)[C@H]1O. The molecule has 0 saturated carbocycles. The Hall–Kier alpha value is -3.15. The monoisotopic (exact) mass is 1040 g/mol. The van der Waals surface area contributed by atoms with E-state index in [0.717, 1.165) is 23.5 Å². The molecule has 0 spiro atoms. The fourth-order valence-corrected chi connectivity index (χ4v) is 11.4. The number of aromatic nitrogens is 8. The van der Waals surface area contributed by atoms with Crippen LogP contribution in [0.4, 0.5) is 11.8 Å². The normalized spacial score (nSPS) is 32.0. The molecule has 5 unspecified atom stereocenters. The molecule has 3 aliphatic heterocycles. The standard InChI is InChI=1S/C25H37N10O26P5/c26-19-13-20(28-5-27-19)35(7-29-13)24-18(40)16(38)11(58-24)4-55-64(47,48)60-63(45,46)54-3-10-15(37)17(39)23(57-10)33-25-31-21-14(22(41)32-25)30-6-34(21)12-1-8(36)9(56-12)2-53-65(49,50)61-66(51,52)59-62(42,43)44/h5-12,15-18,23-24,36-40H,1-4H2,(H,45,46)(H,47,48)(H,49,50)(H,51,52)(H2,26,27,28)(H2,42,43,44)(H2,31,32,33,41)/p-6/t8-,9+,10+,11+,12+,15+,16+,17+,18+,23?,24+/m0/s1. The van der Waals surface area contributed by atoms with Crippen molar-refractivity contribution in [2.45, 2.75) is 73.9 Å². The van der Waals surface area contributed by atoms with Crippen LogP contribution in [0.3, 0.4) is 0 Å². The predicted octanol–water partition coefficient (Wildman–Crippen LogP) is -7.53. The maximum atomic E-state index is 12.9. The third-order valence-corrected chi connectivity index (χ3v) is 15.6. The number of nitrogens with two attached hydrogens (primary N) is 1. The van der Waals surface area contributed by atoms with E-state index in [2.05, 4.69) is 61.7 Å². The lowest BCUT2D eigenvalue weighted by atomic mass is 10.1. The van der Waals surface area contributed by atoms with Gasteiger partial charge in [0, 0.05) is 6.42 Å². The number of fused-ring (bicyclic) bond motifs is 2. The van der Waals surface area contributed by atoms with Crippen LogP contribution >= 0.6 is 39.1 Å². The van der Waals surface area contributed by atoms with Gasteiger partial charge in [-0.3, -0.25) is 41.5 Å². The second kappa shape index (κ2) is 19.0. The molecule has 3 fully saturated rings. The van der Waals surface area contributed by atoms with E-state index < -0.39 is 138 Å². The number of aromatic amines is 1. The lowest BCUT2D eigenvalue weighted by Gasteiger charge is -2.37. The van der Waals surface area contributed by atoms with E-state index in [9.17, 15) is 82.5 Å². The van der Waals surface area contributed by atoms with Crippen molar-refractivity contribution in [1.29, 1.82) is 0 Å². The Morgan fingerprint density at radius 2 is 1.26 bits per heavy atom. The largest absolute Gasteiger partial charge is 0.790 e. The van der Waals surface area contributed by atoms with Gasteiger partial charge in [0.2, 0.25) is 5.95 Å². The first kappa shape index (κ1) is 50.7. The lowest BCUT2D eigenvalue weighted by molar-refractivity contribution is -0.339. The molecule has 3 saturated heterocycles. The summed E-state index contributed by atoms with van der Waals surface area (Å²) in [5.41, 5.74) is 4.38. The molecule has 0 radical (unpaired) electrons. The number of nitrogens with zero attached hydrogens (tertiary/aromatic N) is 7. The highest BCUT2D eigenvalue weighted by atomic mass is 31.3. The summed E-state index contributed by atoms with van der Waals surface area (Å²) >= 11 is 0. The van der Waals surface area contributed by atoms with Gasteiger partial charge < -0.3 is 98.3 Å². The van der Waals surface area contributed by atoms with Gasteiger partial charge in [0.15, 0.2) is 35.1 Å². The zero-order valence-corrected chi connectivity index (χ0v) is 36.6. The zero-order chi connectivity index (χ0) is 48.3. The van der Waals surface area contributed by atoms with Gasteiger partial charge in [-0.15, -0.1) is 0 Å². The number of ether oxygens (including phenoxy) is 3. The molecule has 0 aliphatic carbocycles. The second-order valence-corrected chi connectivity index (χ2v) is 21.1. The molecule has 36 nitrogen and oxygen atoms in total. The number of nitrogens with one attached hydrogen (secondary N) is 2. The van der Waals surface area contributed by atoms with Crippen molar-refractivity contribution in [2.75, 3.05) is 30.9 Å². The highest BCUT2D eigenvalue weighted by molar-refractivity contribution is 7.64. The van der Waals surface area contributed by atoms with Crippen LogP contribution in [-0.4, -0.2) is 139 Å². The third kappa shape index (κ3) is 11.6. The van der Waals surface area contributed by atoms with Crippen LogP contribution in [0.15, 0.2) is 23.8 Å². The number of rotatable bonds is 19. The van der Waals surface area contributed by atoms with E-state index >= 15 is 0 Å². The molecule has 15 atom stereocenters. The summed E-state index contributed by atoms with van der Waals surface area (Å²) in [6.45, 7) is -3.42. The molecule has 368 valence electrons. The number of nitrogen functional groups attached to an aromatic ring is 1. The van der Waals surface area contributed by atoms with Gasteiger partial charge in [-0.2, -0.15) is 4.98 Å². The summed E-state index contributed by atoms with van der Waals surface area (Å²) in [5, 5.41) is 55.1. The molecular weight excluding hydrogens is 1010 g/mol. The topological polar surface area (TPSA) is 553 Å². The van der Waals surface area contributed by atoms with E-state index in [-0.39, 0.29) is 34.6 Å². The van der Waals surface area contributed by atoms with Crippen LogP contribution in [0, 0.1) is 0 Å². The Morgan fingerprint density at radius 1 is 0.697 bits per heavy atom. The Morgan fingerprint density at radius 3 is 1.89 bits per heavy atom. The minimum absolute atomic E-state index is 0.0157. The molecule has 0 bridgehead atoms. The van der Waals surface area contributed by atoms with Crippen molar-refractivity contribution in [3.63, 3.8) is 0 Å². The first-order valence-corrected chi connectivity index (χ1v) is 25.3. The van der Waals surface area contributed by atoms with E-state index in [4.69, 9.17) is 19.9 Å². The van der Waals surface area contributed by atoms with Crippen LogP contribution in [0.2, 0.25) is 0 Å². The summed E-state index contributed by atoms with van der Waals surface area (Å²) in [7, 11) is -30.2. The first-order valence-electron chi connectivity index (χ1n) is 18.0. The van der Waals surface area contributed by atoms with E-state index in [1.54, 1.807) is 0 Å². The maximum absolute atomic E-state index is 12.9. The van der Waals surface area contributed by atoms with E-state index in [0.29, 0.717) is 0 Å². The van der Waals surface area contributed by atoms with Gasteiger partial charge in [0.1, 0.15) is 60.8 Å². The van der Waals surface area contributed by atoms with Gasteiger partial charge in [0.25, 0.3) is 36.9 Å². The predicted molar refractivity (Wildman–Crippen MR) is 192 cm³/mol. The lowest BCUT2D eigenvalue weighted by Crippen LogP contribution is -2.37. The van der Waals surface area contributed by atoms with Crippen molar-refractivity contribution < 1.29 is 118 Å². The highest BCUT2D eigenvalue weighted by Gasteiger charge is 2.46. The maximum Gasteiger partial charge on any atom is 0.280 e.